The molecular formula is C18H16N2O. The maximum atomic E-state index is 5.78. The Bertz CT molecular complexity index is 758. The van der Waals surface area contributed by atoms with Gasteiger partial charge in [-0.25, -0.2) is 0 Å². The molecule has 0 unspecified atom stereocenters. The Labute approximate surface area is 123 Å². The van der Waals surface area contributed by atoms with Gasteiger partial charge in [0.15, 0.2) is 0 Å². The largest absolute Gasteiger partial charge is 0.493 e. The van der Waals surface area contributed by atoms with Gasteiger partial charge in [-0.1, -0.05) is 0 Å². The predicted octanol–water partition coefficient (Wildman–Crippen LogP) is 4.09. The first kappa shape index (κ1) is 12.3. The number of fused-ring (bicyclic) bond motifs is 1. The summed E-state index contributed by atoms with van der Waals surface area (Å²) in [5, 5.41) is 2.23. The number of nitrogens with zero attached hydrogens (tertiary/aromatic N) is 2. The second-order valence-electron chi connectivity index (χ2n) is 5.54. The van der Waals surface area contributed by atoms with Crippen LogP contribution in [0.4, 0.5) is 0 Å². The molecule has 3 heteroatoms. The fraction of sp³-hybridized carbons (Fsp3) is 0.222. The third-order valence-corrected chi connectivity index (χ3v) is 3.88. The van der Waals surface area contributed by atoms with E-state index >= 15 is 0 Å². The van der Waals surface area contributed by atoms with E-state index < -0.39 is 0 Å². The molecule has 0 bridgehead atoms. The maximum Gasteiger partial charge on any atom is 0.119 e. The Balaban J connectivity index is 1.65. The predicted molar refractivity (Wildman–Crippen MR) is 83.2 cm³/mol. The van der Waals surface area contributed by atoms with Gasteiger partial charge in [-0.3, -0.25) is 9.97 Å². The molecule has 0 aliphatic heterocycles. The molecule has 2 heterocycles. The Morgan fingerprint density at radius 2 is 1.81 bits per heavy atom. The number of rotatable bonds is 4. The molecule has 1 aliphatic carbocycles. The van der Waals surface area contributed by atoms with Gasteiger partial charge >= 0.3 is 0 Å². The van der Waals surface area contributed by atoms with Crippen LogP contribution in [0.3, 0.4) is 0 Å². The molecule has 0 N–H and O–H groups in total. The molecule has 0 spiro atoms. The van der Waals surface area contributed by atoms with E-state index in [2.05, 4.69) is 22.1 Å². The summed E-state index contributed by atoms with van der Waals surface area (Å²) in [6, 6.07) is 12.2. The van der Waals surface area contributed by atoms with Gasteiger partial charge in [0.1, 0.15) is 5.75 Å². The minimum atomic E-state index is 0.774. The zero-order valence-electron chi connectivity index (χ0n) is 11.7. The molecule has 104 valence electrons. The highest BCUT2D eigenvalue weighted by molar-refractivity contribution is 5.93. The Morgan fingerprint density at radius 1 is 1.00 bits per heavy atom. The zero-order valence-corrected chi connectivity index (χ0v) is 11.7. The van der Waals surface area contributed by atoms with E-state index in [1.165, 1.54) is 12.8 Å². The van der Waals surface area contributed by atoms with Gasteiger partial charge in [0.05, 0.1) is 12.3 Å². The van der Waals surface area contributed by atoms with Gasteiger partial charge in [-0.05, 0) is 60.5 Å². The molecule has 1 saturated carbocycles. The Morgan fingerprint density at radius 3 is 2.62 bits per heavy atom. The van der Waals surface area contributed by atoms with Crippen LogP contribution in [0.1, 0.15) is 12.8 Å². The number of benzene rings is 1. The van der Waals surface area contributed by atoms with Crippen molar-refractivity contribution in [3.8, 4) is 17.0 Å². The molecule has 1 aromatic carbocycles. The molecule has 3 aromatic rings. The van der Waals surface area contributed by atoms with Crippen molar-refractivity contribution in [2.75, 3.05) is 6.61 Å². The smallest absolute Gasteiger partial charge is 0.119 e. The molecule has 0 atom stereocenters. The van der Waals surface area contributed by atoms with Crippen molar-refractivity contribution < 1.29 is 4.74 Å². The number of pyridine rings is 2. The monoisotopic (exact) mass is 276 g/mol. The van der Waals surface area contributed by atoms with Crippen molar-refractivity contribution in [2.45, 2.75) is 12.8 Å². The number of hydrogen-bond acceptors (Lipinski definition) is 3. The van der Waals surface area contributed by atoms with Crippen molar-refractivity contribution in [3.05, 3.63) is 55.0 Å². The number of ether oxygens (including phenoxy) is 1. The van der Waals surface area contributed by atoms with Crippen LogP contribution in [-0.2, 0) is 0 Å². The van der Waals surface area contributed by atoms with Crippen LogP contribution in [0.25, 0.3) is 22.0 Å². The third kappa shape index (κ3) is 2.59. The zero-order chi connectivity index (χ0) is 14.1. The molecule has 3 nitrogen and oxygen atoms in total. The molecule has 21 heavy (non-hydrogen) atoms. The van der Waals surface area contributed by atoms with Gasteiger partial charge in [0.2, 0.25) is 0 Å². The highest BCUT2D eigenvalue weighted by atomic mass is 16.5. The topological polar surface area (TPSA) is 35.0 Å². The minimum Gasteiger partial charge on any atom is -0.493 e. The average molecular weight is 276 g/mol. The first-order chi connectivity index (χ1) is 10.4. The van der Waals surface area contributed by atoms with E-state index in [1.54, 1.807) is 6.20 Å². The Kier molecular flexibility index (Phi) is 3.03. The second-order valence-corrected chi connectivity index (χ2v) is 5.54. The summed E-state index contributed by atoms with van der Waals surface area (Å²) in [6.45, 7) is 0.843. The molecule has 2 aromatic heterocycles. The molecular weight excluding hydrogens is 260 g/mol. The molecule has 1 aliphatic rings. The summed E-state index contributed by atoms with van der Waals surface area (Å²) in [7, 11) is 0. The third-order valence-electron chi connectivity index (χ3n) is 3.88. The second kappa shape index (κ2) is 5.17. The maximum absolute atomic E-state index is 5.78. The summed E-state index contributed by atoms with van der Waals surface area (Å²) in [4.78, 5) is 8.72. The quantitative estimate of drug-likeness (QED) is 0.720. The van der Waals surface area contributed by atoms with E-state index in [9.17, 15) is 0 Å². The highest BCUT2D eigenvalue weighted by Gasteiger charge is 2.21. The van der Waals surface area contributed by atoms with E-state index in [0.717, 1.165) is 40.3 Å². The van der Waals surface area contributed by atoms with E-state index in [0.29, 0.717) is 0 Å². The lowest BCUT2D eigenvalue weighted by molar-refractivity contribution is 0.300. The van der Waals surface area contributed by atoms with Crippen molar-refractivity contribution in [1.82, 2.24) is 9.97 Å². The van der Waals surface area contributed by atoms with Crippen LogP contribution in [0.2, 0.25) is 0 Å². The standard InChI is InChI=1S/C18H16N2O/c1-2-13(1)12-21-16-5-3-15(4-6-16)18-17-11-19-9-7-14(17)8-10-20-18/h3-11,13H,1-2,12H2. The van der Waals surface area contributed by atoms with Gasteiger partial charge in [-0.2, -0.15) is 0 Å². The van der Waals surface area contributed by atoms with Crippen LogP contribution >= 0.6 is 0 Å². The van der Waals surface area contributed by atoms with Crippen molar-refractivity contribution >= 4 is 10.8 Å². The van der Waals surface area contributed by atoms with Crippen molar-refractivity contribution in [2.24, 2.45) is 5.92 Å². The van der Waals surface area contributed by atoms with E-state index in [4.69, 9.17) is 4.74 Å². The average Bonchev–Trinajstić information content (AvgIpc) is 3.37. The first-order valence-corrected chi connectivity index (χ1v) is 7.32. The van der Waals surface area contributed by atoms with Crippen molar-refractivity contribution in [1.29, 1.82) is 0 Å². The highest BCUT2D eigenvalue weighted by Crippen LogP contribution is 2.30. The molecule has 0 radical (unpaired) electrons. The van der Waals surface area contributed by atoms with Crippen molar-refractivity contribution in [3.63, 3.8) is 0 Å². The molecule has 0 amide bonds. The minimum absolute atomic E-state index is 0.774. The lowest BCUT2D eigenvalue weighted by Crippen LogP contribution is -1.98. The Hall–Kier alpha value is -2.42. The summed E-state index contributed by atoms with van der Waals surface area (Å²) in [5.41, 5.74) is 2.06. The van der Waals surface area contributed by atoms with Gasteiger partial charge < -0.3 is 4.74 Å². The summed E-state index contributed by atoms with van der Waals surface area (Å²) < 4.78 is 5.78. The lowest BCUT2D eigenvalue weighted by Gasteiger charge is -2.08. The lowest BCUT2D eigenvalue weighted by atomic mass is 10.1. The fourth-order valence-electron chi connectivity index (χ4n) is 2.45. The summed E-state index contributed by atoms with van der Waals surface area (Å²) >= 11 is 0. The van der Waals surface area contributed by atoms with E-state index in [1.807, 2.05) is 36.7 Å². The number of hydrogen-bond donors (Lipinski definition) is 0. The first-order valence-electron chi connectivity index (χ1n) is 7.32. The van der Waals surface area contributed by atoms with Crippen LogP contribution in [0.15, 0.2) is 55.0 Å². The SMILES string of the molecule is c1cc2ccnc(-c3ccc(OCC4CC4)cc3)c2cn1. The van der Waals surface area contributed by atoms with Gasteiger partial charge in [0, 0.05) is 29.5 Å². The molecule has 4 rings (SSSR count). The summed E-state index contributed by atoms with van der Waals surface area (Å²) in [5.74, 6) is 1.71. The van der Waals surface area contributed by atoms with Crippen LogP contribution in [0.5, 0.6) is 5.75 Å². The molecule has 0 saturated heterocycles. The number of aromatic nitrogens is 2. The van der Waals surface area contributed by atoms with Crippen LogP contribution in [0, 0.1) is 5.92 Å². The van der Waals surface area contributed by atoms with Crippen LogP contribution < -0.4 is 4.74 Å². The fourth-order valence-corrected chi connectivity index (χ4v) is 2.45. The van der Waals surface area contributed by atoms with Gasteiger partial charge in [-0.15, -0.1) is 0 Å². The van der Waals surface area contributed by atoms with E-state index in [-0.39, 0.29) is 0 Å². The van der Waals surface area contributed by atoms with Gasteiger partial charge in [0.25, 0.3) is 0 Å². The normalized spacial score (nSPS) is 14.3. The summed E-state index contributed by atoms with van der Waals surface area (Å²) in [6.07, 6.45) is 8.14. The molecule has 1 fully saturated rings. The van der Waals surface area contributed by atoms with Crippen LogP contribution in [-0.4, -0.2) is 16.6 Å².